The molecule has 2 rings (SSSR count). The molecule has 0 atom stereocenters. The lowest BCUT2D eigenvalue weighted by molar-refractivity contribution is 0.594. The topological polar surface area (TPSA) is 30.7 Å². The molecule has 0 amide bonds. The molecule has 108 valence electrons. The van der Waals surface area contributed by atoms with Gasteiger partial charge >= 0.3 is 0 Å². The second-order valence-corrected chi connectivity index (χ2v) is 5.74. The summed E-state index contributed by atoms with van der Waals surface area (Å²) < 4.78 is 15.8. The van der Waals surface area contributed by atoms with Gasteiger partial charge in [-0.3, -0.25) is 0 Å². The smallest absolute Gasteiger partial charge is 0.191 e. The van der Waals surface area contributed by atoms with Crippen molar-refractivity contribution in [3.05, 3.63) is 40.4 Å². The predicted octanol–water partition coefficient (Wildman–Crippen LogP) is 4.34. The standard InChI is InChI=1S/C14H17ClFN3S/c1-3-8-19-13(4-2)17-18-14(19)20-9-10-11(15)6-5-7-12(10)16/h5-7H,3-4,8-9H2,1-2H3. The Morgan fingerprint density at radius 3 is 2.75 bits per heavy atom. The first-order chi connectivity index (χ1) is 9.67. The van der Waals surface area contributed by atoms with E-state index in [9.17, 15) is 4.39 Å². The van der Waals surface area contributed by atoms with E-state index in [1.54, 1.807) is 12.1 Å². The van der Waals surface area contributed by atoms with E-state index in [4.69, 9.17) is 11.6 Å². The quantitative estimate of drug-likeness (QED) is 0.743. The Bertz CT molecular complexity index is 566. The fourth-order valence-electron chi connectivity index (χ4n) is 1.94. The molecule has 2 aromatic rings. The van der Waals surface area contributed by atoms with Crippen molar-refractivity contribution in [2.24, 2.45) is 0 Å². The molecule has 0 spiro atoms. The second-order valence-electron chi connectivity index (χ2n) is 4.39. The van der Waals surface area contributed by atoms with Crippen LogP contribution in [0.3, 0.4) is 0 Å². The highest BCUT2D eigenvalue weighted by Crippen LogP contribution is 2.28. The Balaban J connectivity index is 2.17. The van der Waals surface area contributed by atoms with Crippen molar-refractivity contribution >= 4 is 23.4 Å². The van der Waals surface area contributed by atoms with Crippen LogP contribution in [0.2, 0.25) is 5.02 Å². The molecule has 1 aromatic heterocycles. The van der Waals surface area contributed by atoms with Crippen molar-refractivity contribution in [1.82, 2.24) is 14.8 Å². The Morgan fingerprint density at radius 2 is 2.10 bits per heavy atom. The largest absolute Gasteiger partial charge is 0.306 e. The zero-order valence-electron chi connectivity index (χ0n) is 11.6. The molecule has 0 aliphatic carbocycles. The van der Waals surface area contributed by atoms with Gasteiger partial charge in [0.2, 0.25) is 0 Å². The second kappa shape index (κ2) is 7.09. The van der Waals surface area contributed by atoms with Crippen molar-refractivity contribution < 1.29 is 4.39 Å². The summed E-state index contributed by atoms with van der Waals surface area (Å²) in [6.45, 7) is 5.05. The number of benzene rings is 1. The summed E-state index contributed by atoms with van der Waals surface area (Å²) in [6, 6.07) is 4.74. The number of hydrogen-bond acceptors (Lipinski definition) is 3. The van der Waals surface area contributed by atoms with Gasteiger partial charge in [0, 0.05) is 29.3 Å². The minimum absolute atomic E-state index is 0.276. The first-order valence-electron chi connectivity index (χ1n) is 6.65. The molecule has 0 radical (unpaired) electrons. The molecule has 0 aliphatic heterocycles. The minimum Gasteiger partial charge on any atom is -0.306 e. The highest BCUT2D eigenvalue weighted by atomic mass is 35.5. The van der Waals surface area contributed by atoms with Gasteiger partial charge in [0.1, 0.15) is 11.6 Å². The third-order valence-electron chi connectivity index (χ3n) is 2.96. The van der Waals surface area contributed by atoms with Gasteiger partial charge in [0.05, 0.1) is 0 Å². The molecule has 3 nitrogen and oxygen atoms in total. The maximum absolute atomic E-state index is 13.7. The lowest BCUT2D eigenvalue weighted by Gasteiger charge is -2.08. The van der Waals surface area contributed by atoms with E-state index in [0.29, 0.717) is 16.3 Å². The molecule has 0 saturated heterocycles. The van der Waals surface area contributed by atoms with Crippen molar-refractivity contribution in [2.75, 3.05) is 0 Å². The number of aromatic nitrogens is 3. The highest BCUT2D eigenvalue weighted by molar-refractivity contribution is 7.98. The predicted molar refractivity (Wildman–Crippen MR) is 80.7 cm³/mol. The SMILES string of the molecule is CCCn1c(CC)nnc1SCc1c(F)cccc1Cl. The van der Waals surface area contributed by atoms with Crippen LogP contribution in [0.5, 0.6) is 0 Å². The van der Waals surface area contributed by atoms with Crippen LogP contribution in [0, 0.1) is 5.82 Å². The van der Waals surface area contributed by atoms with Gasteiger partial charge in [0.25, 0.3) is 0 Å². The third kappa shape index (κ3) is 3.33. The van der Waals surface area contributed by atoms with Crippen molar-refractivity contribution in [1.29, 1.82) is 0 Å². The summed E-state index contributed by atoms with van der Waals surface area (Å²) in [6.07, 6.45) is 1.85. The maximum atomic E-state index is 13.7. The molecule has 0 N–H and O–H groups in total. The monoisotopic (exact) mass is 313 g/mol. The number of aryl methyl sites for hydroxylation is 1. The fourth-order valence-corrected chi connectivity index (χ4v) is 3.27. The summed E-state index contributed by atoms with van der Waals surface area (Å²) in [5.41, 5.74) is 0.517. The van der Waals surface area contributed by atoms with Crippen LogP contribution >= 0.6 is 23.4 Å². The van der Waals surface area contributed by atoms with Crippen LogP contribution in [0.25, 0.3) is 0 Å². The lowest BCUT2D eigenvalue weighted by atomic mass is 10.2. The van der Waals surface area contributed by atoms with E-state index in [0.717, 1.165) is 30.4 Å². The van der Waals surface area contributed by atoms with E-state index in [1.807, 2.05) is 0 Å². The Labute approximate surface area is 127 Å². The molecule has 0 saturated carbocycles. The summed E-state index contributed by atoms with van der Waals surface area (Å²) in [7, 11) is 0. The van der Waals surface area contributed by atoms with E-state index >= 15 is 0 Å². The minimum atomic E-state index is -0.276. The molecule has 0 unspecified atom stereocenters. The van der Waals surface area contributed by atoms with E-state index in [2.05, 4.69) is 28.6 Å². The molecule has 20 heavy (non-hydrogen) atoms. The van der Waals surface area contributed by atoms with E-state index in [1.165, 1.54) is 17.8 Å². The summed E-state index contributed by atoms with van der Waals surface area (Å²) >= 11 is 7.50. The van der Waals surface area contributed by atoms with E-state index in [-0.39, 0.29) is 5.82 Å². The number of halogens is 2. The molecular formula is C14H17ClFN3S. The third-order valence-corrected chi connectivity index (χ3v) is 4.31. The molecule has 1 aromatic carbocycles. The van der Waals surface area contributed by atoms with Crippen molar-refractivity contribution in [3.8, 4) is 0 Å². The molecule has 0 fully saturated rings. The fraction of sp³-hybridized carbons (Fsp3) is 0.429. The number of hydrogen-bond donors (Lipinski definition) is 0. The van der Waals surface area contributed by atoms with Gasteiger partial charge in [-0.1, -0.05) is 43.3 Å². The van der Waals surface area contributed by atoms with Crippen LogP contribution in [0.4, 0.5) is 4.39 Å². The van der Waals surface area contributed by atoms with Gasteiger partial charge in [0.15, 0.2) is 5.16 Å². The van der Waals surface area contributed by atoms with Crippen molar-refractivity contribution in [3.63, 3.8) is 0 Å². The Hall–Kier alpha value is -1.07. The zero-order valence-corrected chi connectivity index (χ0v) is 13.1. The normalized spacial score (nSPS) is 11.0. The van der Waals surface area contributed by atoms with Crippen LogP contribution in [0.15, 0.2) is 23.4 Å². The van der Waals surface area contributed by atoms with Crippen LogP contribution in [-0.2, 0) is 18.7 Å². The van der Waals surface area contributed by atoms with Gasteiger partial charge < -0.3 is 4.57 Å². The Morgan fingerprint density at radius 1 is 1.30 bits per heavy atom. The van der Waals surface area contributed by atoms with Gasteiger partial charge in [-0.2, -0.15) is 0 Å². The summed E-state index contributed by atoms with van der Waals surface area (Å²) in [5, 5.41) is 9.64. The highest BCUT2D eigenvalue weighted by Gasteiger charge is 2.13. The number of rotatable bonds is 6. The maximum Gasteiger partial charge on any atom is 0.191 e. The lowest BCUT2D eigenvalue weighted by Crippen LogP contribution is -2.04. The molecular weight excluding hydrogens is 297 g/mol. The average Bonchev–Trinajstić information content (AvgIpc) is 2.81. The van der Waals surface area contributed by atoms with Gasteiger partial charge in [-0.15, -0.1) is 10.2 Å². The van der Waals surface area contributed by atoms with Gasteiger partial charge in [-0.05, 0) is 18.6 Å². The number of nitrogens with zero attached hydrogens (tertiary/aromatic N) is 3. The van der Waals surface area contributed by atoms with Crippen LogP contribution in [0.1, 0.15) is 31.7 Å². The first-order valence-corrected chi connectivity index (χ1v) is 8.01. The van der Waals surface area contributed by atoms with E-state index < -0.39 is 0 Å². The summed E-state index contributed by atoms with van der Waals surface area (Å²) in [5.74, 6) is 1.15. The molecule has 0 aliphatic rings. The average molecular weight is 314 g/mol. The number of thioether (sulfide) groups is 1. The Kier molecular flexibility index (Phi) is 5.43. The molecule has 1 heterocycles. The van der Waals surface area contributed by atoms with Crippen molar-refractivity contribution in [2.45, 2.75) is 44.1 Å². The zero-order chi connectivity index (χ0) is 14.5. The van der Waals surface area contributed by atoms with Gasteiger partial charge in [-0.25, -0.2) is 4.39 Å². The molecule has 6 heteroatoms. The molecule has 0 bridgehead atoms. The van der Waals surface area contributed by atoms with Crippen LogP contribution < -0.4 is 0 Å². The van der Waals surface area contributed by atoms with Crippen LogP contribution in [-0.4, -0.2) is 14.8 Å². The first kappa shape index (κ1) is 15.3. The summed E-state index contributed by atoms with van der Waals surface area (Å²) in [4.78, 5) is 0.